The number of rotatable bonds is 4. The number of nitrogens with one attached hydrogen (secondary N) is 1. The number of nitrogens with zero attached hydrogens (tertiary/aromatic N) is 2. The minimum atomic E-state index is -4.09. The molecule has 1 aromatic carbocycles. The van der Waals surface area contributed by atoms with E-state index in [0.717, 1.165) is 25.0 Å². The second-order valence-electron chi connectivity index (χ2n) is 4.40. The normalized spacial score (nSPS) is 15.3. The van der Waals surface area contributed by atoms with Gasteiger partial charge in [0.25, 0.3) is 10.0 Å². The molecule has 0 bridgehead atoms. The van der Waals surface area contributed by atoms with Crippen LogP contribution in [0.4, 0.5) is 10.4 Å². The van der Waals surface area contributed by atoms with E-state index in [1.54, 1.807) is 0 Å². The molecule has 0 aliphatic heterocycles. The average Bonchev–Trinajstić information content (AvgIpc) is 3.10. The molecular formula is C11H9BrFN3O3S. The highest BCUT2D eigenvalue weighted by molar-refractivity contribution is 9.10. The number of anilines is 1. The fraction of sp³-hybridized carbons (Fsp3) is 0.273. The molecule has 2 aromatic rings. The molecule has 3 rings (SSSR count). The summed E-state index contributed by atoms with van der Waals surface area (Å²) in [5, 5.41) is 7.34. The van der Waals surface area contributed by atoms with E-state index in [1.165, 1.54) is 6.07 Å². The highest BCUT2D eigenvalue weighted by Gasteiger charge is 2.30. The lowest BCUT2D eigenvalue weighted by Gasteiger charge is -2.05. The quantitative estimate of drug-likeness (QED) is 0.904. The van der Waals surface area contributed by atoms with E-state index in [1.807, 2.05) is 0 Å². The Morgan fingerprint density at radius 3 is 2.75 bits per heavy atom. The van der Waals surface area contributed by atoms with E-state index in [-0.39, 0.29) is 11.9 Å². The monoisotopic (exact) mass is 361 g/mol. The van der Waals surface area contributed by atoms with Crippen molar-refractivity contribution in [3.63, 3.8) is 0 Å². The number of halogens is 2. The summed E-state index contributed by atoms with van der Waals surface area (Å²) in [7, 11) is -4.09. The van der Waals surface area contributed by atoms with Gasteiger partial charge in [-0.25, -0.2) is 17.5 Å². The Morgan fingerprint density at radius 1 is 1.35 bits per heavy atom. The molecule has 0 atom stereocenters. The van der Waals surface area contributed by atoms with E-state index >= 15 is 0 Å². The van der Waals surface area contributed by atoms with Crippen LogP contribution in [0.3, 0.4) is 0 Å². The molecule has 1 aliphatic rings. The SMILES string of the molecule is O=S(=O)(Nc1nnc(C2CC2)o1)c1ccc(Br)cc1F. The van der Waals surface area contributed by atoms with Crippen molar-refractivity contribution in [3.8, 4) is 0 Å². The second-order valence-corrected chi connectivity index (χ2v) is 6.97. The van der Waals surface area contributed by atoms with E-state index in [9.17, 15) is 12.8 Å². The summed E-state index contributed by atoms with van der Waals surface area (Å²) in [6.45, 7) is 0. The summed E-state index contributed by atoms with van der Waals surface area (Å²) in [6.07, 6.45) is 1.91. The molecular weight excluding hydrogens is 353 g/mol. The smallest absolute Gasteiger partial charge is 0.329 e. The third kappa shape index (κ3) is 2.68. The summed E-state index contributed by atoms with van der Waals surface area (Å²) in [6, 6.07) is 3.40. The van der Waals surface area contributed by atoms with Gasteiger partial charge in [0.05, 0.1) is 0 Å². The molecule has 0 radical (unpaired) electrons. The molecule has 0 saturated heterocycles. The number of aromatic nitrogens is 2. The zero-order valence-electron chi connectivity index (χ0n) is 10.0. The molecule has 106 valence electrons. The summed E-state index contributed by atoms with van der Waals surface area (Å²) in [5.74, 6) is -0.252. The number of benzene rings is 1. The molecule has 0 amide bonds. The Kier molecular flexibility index (Phi) is 3.25. The van der Waals surface area contributed by atoms with Crippen LogP contribution in [0.25, 0.3) is 0 Å². The van der Waals surface area contributed by atoms with Crippen LogP contribution in [0.1, 0.15) is 24.7 Å². The van der Waals surface area contributed by atoms with Crippen LogP contribution in [0.5, 0.6) is 0 Å². The summed E-state index contributed by atoms with van der Waals surface area (Å²) in [5.41, 5.74) is 0. The van der Waals surface area contributed by atoms with E-state index in [2.05, 4.69) is 30.8 Å². The summed E-state index contributed by atoms with van der Waals surface area (Å²) in [4.78, 5) is -0.480. The van der Waals surface area contributed by atoms with Gasteiger partial charge in [-0.3, -0.25) is 0 Å². The van der Waals surface area contributed by atoms with E-state index in [4.69, 9.17) is 4.42 Å². The Bertz CT molecular complexity index is 758. The van der Waals surface area contributed by atoms with Gasteiger partial charge in [0, 0.05) is 10.4 Å². The van der Waals surface area contributed by atoms with Crippen molar-refractivity contribution in [2.45, 2.75) is 23.7 Å². The van der Waals surface area contributed by atoms with E-state index in [0.29, 0.717) is 10.4 Å². The predicted molar refractivity (Wildman–Crippen MR) is 71.2 cm³/mol. The minimum absolute atomic E-state index is 0.213. The topological polar surface area (TPSA) is 85.1 Å². The van der Waals surface area contributed by atoms with Crippen molar-refractivity contribution in [2.75, 3.05) is 4.72 Å². The maximum atomic E-state index is 13.7. The van der Waals surface area contributed by atoms with Crippen molar-refractivity contribution < 1.29 is 17.2 Å². The van der Waals surface area contributed by atoms with Crippen LogP contribution in [-0.4, -0.2) is 18.6 Å². The average molecular weight is 362 g/mol. The Balaban J connectivity index is 1.87. The van der Waals surface area contributed by atoms with Gasteiger partial charge in [-0.15, -0.1) is 5.10 Å². The Morgan fingerprint density at radius 2 is 2.10 bits per heavy atom. The maximum absolute atomic E-state index is 13.7. The first kappa shape index (κ1) is 13.5. The molecule has 1 aliphatic carbocycles. The van der Waals surface area contributed by atoms with Crippen LogP contribution in [0.2, 0.25) is 0 Å². The molecule has 1 saturated carbocycles. The molecule has 1 aromatic heterocycles. The third-order valence-corrected chi connectivity index (χ3v) is 4.62. The number of hydrogen-bond acceptors (Lipinski definition) is 5. The summed E-state index contributed by atoms with van der Waals surface area (Å²) >= 11 is 3.06. The fourth-order valence-electron chi connectivity index (χ4n) is 1.63. The van der Waals surface area contributed by atoms with Gasteiger partial charge in [0.2, 0.25) is 5.89 Å². The fourth-order valence-corrected chi connectivity index (χ4v) is 2.95. The molecule has 0 unspecified atom stereocenters. The molecule has 0 spiro atoms. The standard InChI is InChI=1S/C11H9BrFN3O3S/c12-7-3-4-9(8(13)5-7)20(17,18)16-11-15-14-10(19-11)6-1-2-6/h3-6H,1-2H2,(H,15,16). The van der Waals surface area contributed by atoms with Crippen molar-refractivity contribution >= 4 is 32.0 Å². The van der Waals surface area contributed by atoms with Gasteiger partial charge in [-0.1, -0.05) is 21.0 Å². The lowest BCUT2D eigenvalue weighted by Crippen LogP contribution is -2.14. The maximum Gasteiger partial charge on any atom is 0.329 e. The molecule has 1 heterocycles. The van der Waals surface area contributed by atoms with Gasteiger partial charge in [0.1, 0.15) is 10.7 Å². The van der Waals surface area contributed by atoms with Crippen LogP contribution >= 0.6 is 15.9 Å². The van der Waals surface area contributed by atoms with Gasteiger partial charge in [-0.2, -0.15) is 0 Å². The van der Waals surface area contributed by atoms with Gasteiger partial charge >= 0.3 is 6.01 Å². The third-order valence-electron chi connectivity index (χ3n) is 2.77. The summed E-state index contributed by atoms with van der Waals surface area (Å²) < 4.78 is 45.5. The van der Waals surface area contributed by atoms with Crippen molar-refractivity contribution in [1.82, 2.24) is 10.2 Å². The van der Waals surface area contributed by atoms with Crippen LogP contribution < -0.4 is 4.72 Å². The van der Waals surface area contributed by atoms with E-state index < -0.39 is 20.7 Å². The molecule has 6 nitrogen and oxygen atoms in total. The van der Waals surface area contributed by atoms with Crippen LogP contribution in [0.15, 0.2) is 32.0 Å². The Labute approximate surface area is 122 Å². The van der Waals surface area contributed by atoms with Gasteiger partial charge in [-0.05, 0) is 31.0 Å². The van der Waals surface area contributed by atoms with Crippen molar-refractivity contribution in [2.24, 2.45) is 0 Å². The number of hydrogen-bond donors (Lipinski definition) is 1. The highest BCUT2D eigenvalue weighted by Crippen LogP contribution is 2.39. The zero-order chi connectivity index (χ0) is 14.3. The van der Waals surface area contributed by atoms with Crippen LogP contribution in [0, 0.1) is 5.82 Å². The van der Waals surface area contributed by atoms with Crippen molar-refractivity contribution in [3.05, 3.63) is 34.4 Å². The largest absolute Gasteiger partial charge is 0.407 e. The van der Waals surface area contributed by atoms with Gasteiger partial charge in [0.15, 0.2) is 0 Å². The van der Waals surface area contributed by atoms with Gasteiger partial charge < -0.3 is 4.42 Å². The first-order chi connectivity index (χ1) is 9.45. The molecule has 1 fully saturated rings. The minimum Gasteiger partial charge on any atom is -0.407 e. The lowest BCUT2D eigenvalue weighted by molar-refractivity contribution is 0.510. The zero-order valence-corrected chi connectivity index (χ0v) is 12.4. The first-order valence-corrected chi connectivity index (χ1v) is 8.04. The second kappa shape index (κ2) is 4.81. The molecule has 1 N–H and O–H groups in total. The number of sulfonamides is 1. The highest BCUT2D eigenvalue weighted by atomic mass is 79.9. The first-order valence-electron chi connectivity index (χ1n) is 5.77. The Hall–Kier alpha value is -1.48. The van der Waals surface area contributed by atoms with Crippen LogP contribution in [-0.2, 0) is 10.0 Å². The molecule has 9 heteroatoms. The molecule has 20 heavy (non-hydrogen) atoms. The van der Waals surface area contributed by atoms with Crippen molar-refractivity contribution in [1.29, 1.82) is 0 Å². The predicted octanol–water partition coefficient (Wildman–Crippen LogP) is 2.65. The lowest BCUT2D eigenvalue weighted by atomic mass is 10.3.